The van der Waals surface area contributed by atoms with E-state index in [1.54, 1.807) is 18.5 Å². The first-order valence-corrected chi connectivity index (χ1v) is 5.44. The van der Waals surface area contributed by atoms with Gasteiger partial charge >= 0.3 is 0 Å². The zero-order chi connectivity index (χ0) is 13.0. The fourth-order valence-electron chi connectivity index (χ4n) is 1.63. The SMILES string of the molecule is COc1cccc(F)c1C(=O)NCc1cc[nH]c1. The van der Waals surface area contributed by atoms with E-state index in [0.29, 0.717) is 6.54 Å². The summed E-state index contributed by atoms with van der Waals surface area (Å²) in [4.78, 5) is 14.8. The largest absolute Gasteiger partial charge is 0.496 e. The number of ether oxygens (including phenoxy) is 1. The van der Waals surface area contributed by atoms with Crippen molar-refractivity contribution in [2.45, 2.75) is 6.54 Å². The number of H-pyrrole nitrogens is 1. The molecule has 0 unspecified atom stereocenters. The second-order valence-electron chi connectivity index (χ2n) is 3.72. The molecule has 0 spiro atoms. The van der Waals surface area contributed by atoms with Gasteiger partial charge in [-0.25, -0.2) is 4.39 Å². The third-order valence-corrected chi connectivity index (χ3v) is 2.54. The van der Waals surface area contributed by atoms with E-state index in [2.05, 4.69) is 10.3 Å². The Hall–Kier alpha value is -2.30. The lowest BCUT2D eigenvalue weighted by molar-refractivity contribution is 0.0943. The minimum atomic E-state index is -0.596. The Morgan fingerprint density at radius 2 is 2.28 bits per heavy atom. The predicted octanol–water partition coefficient (Wildman–Crippen LogP) is 2.09. The van der Waals surface area contributed by atoms with Crippen LogP contribution < -0.4 is 10.1 Å². The molecular formula is C13H13FN2O2. The predicted molar refractivity (Wildman–Crippen MR) is 64.9 cm³/mol. The fraction of sp³-hybridized carbons (Fsp3) is 0.154. The van der Waals surface area contributed by atoms with E-state index >= 15 is 0 Å². The monoisotopic (exact) mass is 248 g/mol. The maximum absolute atomic E-state index is 13.6. The van der Waals surface area contributed by atoms with Crippen LogP contribution in [0, 0.1) is 5.82 Å². The standard InChI is InChI=1S/C13H13FN2O2/c1-18-11-4-2-3-10(14)12(11)13(17)16-8-9-5-6-15-7-9/h2-7,15H,8H2,1H3,(H,16,17). The number of methoxy groups -OCH3 is 1. The number of amides is 1. The molecule has 0 saturated carbocycles. The van der Waals surface area contributed by atoms with Crippen molar-refractivity contribution < 1.29 is 13.9 Å². The van der Waals surface area contributed by atoms with Crippen LogP contribution >= 0.6 is 0 Å². The first-order chi connectivity index (χ1) is 8.72. The third-order valence-electron chi connectivity index (χ3n) is 2.54. The first kappa shape index (κ1) is 12.2. The van der Waals surface area contributed by atoms with Crippen molar-refractivity contribution in [3.05, 3.63) is 53.6 Å². The lowest BCUT2D eigenvalue weighted by Crippen LogP contribution is -2.24. The van der Waals surface area contributed by atoms with Gasteiger partial charge in [0.15, 0.2) is 0 Å². The van der Waals surface area contributed by atoms with Crippen LogP contribution in [0.4, 0.5) is 4.39 Å². The van der Waals surface area contributed by atoms with Gasteiger partial charge in [-0.05, 0) is 23.8 Å². The van der Waals surface area contributed by atoms with Crippen LogP contribution in [0.25, 0.3) is 0 Å². The van der Waals surface area contributed by atoms with Gasteiger partial charge in [-0.3, -0.25) is 4.79 Å². The number of aromatic nitrogens is 1. The Kier molecular flexibility index (Phi) is 3.62. The highest BCUT2D eigenvalue weighted by Crippen LogP contribution is 2.20. The molecule has 1 aromatic heterocycles. The molecule has 2 N–H and O–H groups in total. The summed E-state index contributed by atoms with van der Waals surface area (Å²) in [6.45, 7) is 0.333. The zero-order valence-corrected chi connectivity index (χ0v) is 9.87. The van der Waals surface area contributed by atoms with Crippen LogP contribution in [0.2, 0.25) is 0 Å². The highest BCUT2D eigenvalue weighted by Gasteiger charge is 2.16. The number of aromatic amines is 1. The lowest BCUT2D eigenvalue weighted by atomic mass is 10.1. The Balaban J connectivity index is 2.13. The van der Waals surface area contributed by atoms with Gasteiger partial charge < -0.3 is 15.0 Å². The van der Waals surface area contributed by atoms with Crippen LogP contribution in [0.5, 0.6) is 5.75 Å². The van der Waals surface area contributed by atoms with E-state index in [4.69, 9.17) is 4.74 Å². The molecule has 0 atom stereocenters. The first-order valence-electron chi connectivity index (χ1n) is 5.44. The van der Waals surface area contributed by atoms with Gasteiger partial charge in [0.1, 0.15) is 17.1 Å². The average molecular weight is 248 g/mol. The normalized spacial score (nSPS) is 10.1. The molecule has 5 heteroatoms. The Morgan fingerprint density at radius 3 is 2.94 bits per heavy atom. The summed E-state index contributed by atoms with van der Waals surface area (Å²) >= 11 is 0. The number of carbonyl (C=O) groups excluding carboxylic acids is 1. The maximum atomic E-state index is 13.6. The molecule has 0 fully saturated rings. The van der Waals surface area contributed by atoms with Gasteiger partial charge in [-0.15, -0.1) is 0 Å². The van der Waals surface area contributed by atoms with Gasteiger partial charge in [0.25, 0.3) is 5.91 Å². The topological polar surface area (TPSA) is 54.1 Å². The second-order valence-corrected chi connectivity index (χ2v) is 3.72. The summed E-state index contributed by atoms with van der Waals surface area (Å²) in [5.74, 6) is -0.867. The number of hydrogen-bond acceptors (Lipinski definition) is 2. The summed E-state index contributed by atoms with van der Waals surface area (Å²) in [6, 6.07) is 6.11. The summed E-state index contributed by atoms with van der Waals surface area (Å²) in [6.07, 6.45) is 3.52. The molecule has 1 heterocycles. The summed E-state index contributed by atoms with van der Waals surface area (Å²) in [5, 5.41) is 2.64. The lowest BCUT2D eigenvalue weighted by Gasteiger charge is -2.09. The molecule has 1 aromatic carbocycles. The second kappa shape index (κ2) is 5.35. The Labute approximate surface area is 104 Å². The molecule has 4 nitrogen and oxygen atoms in total. The highest BCUT2D eigenvalue weighted by molar-refractivity contribution is 5.97. The molecule has 0 radical (unpaired) electrons. The van der Waals surface area contributed by atoms with Gasteiger partial charge in [0, 0.05) is 18.9 Å². The molecule has 2 rings (SSSR count). The quantitative estimate of drug-likeness (QED) is 0.870. The molecule has 0 aliphatic carbocycles. The van der Waals surface area contributed by atoms with Crippen LogP contribution in [0.15, 0.2) is 36.7 Å². The van der Waals surface area contributed by atoms with E-state index in [0.717, 1.165) is 5.56 Å². The van der Waals surface area contributed by atoms with Crippen LogP contribution in [-0.4, -0.2) is 18.0 Å². The van der Waals surface area contributed by atoms with E-state index in [9.17, 15) is 9.18 Å². The molecule has 0 aliphatic rings. The number of rotatable bonds is 4. The van der Waals surface area contributed by atoms with Crippen molar-refractivity contribution in [1.29, 1.82) is 0 Å². The van der Waals surface area contributed by atoms with Crippen molar-refractivity contribution in [2.24, 2.45) is 0 Å². The Morgan fingerprint density at radius 1 is 1.44 bits per heavy atom. The number of hydrogen-bond donors (Lipinski definition) is 2. The van der Waals surface area contributed by atoms with Crippen molar-refractivity contribution in [1.82, 2.24) is 10.3 Å². The molecule has 0 saturated heterocycles. The highest BCUT2D eigenvalue weighted by atomic mass is 19.1. The van der Waals surface area contributed by atoms with Crippen molar-refractivity contribution in [3.63, 3.8) is 0 Å². The molecule has 0 bridgehead atoms. The minimum absolute atomic E-state index is 0.0736. The van der Waals surface area contributed by atoms with Crippen LogP contribution in [-0.2, 0) is 6.54 Å². The van der Waals surface area contributed by atoms with Crippen LogP contribution in [0.3, 0.4) is 0 Å². The molecule has 94 valence electrons. The van der Waals surface area contributed by atoms with E-state index in [1.807, 2.05) is 6.07 Å². The summed E-state index contributed by atoms with van der Waals surface area (Å²) < 4.78 is 18.6. The van der Waals surface area contributed by atoms with Gasteiger partial charge in [-0.1, -0.05) is 6.07 Å². The minimum Gasteiger partial charge on any atom is -0.496 e. The van der Waals surface area contributed by atoms with Crippen molar-refractivity contribution >= 4 is 5.91 Å². The van der Waals surface area contributed by atoms with Crippen molar-refractivity contribution in [2.75, 3.05) is 7.11 Å². The van der Waals surface area contributed by atoms with Gasteiger partial charge in [-0.2, -0.15) is 0 Å². The van der Waals surface area contributed by atoms with E-state index in [1.165, 1.54) is 19.2 Å². The van der Waals surface area contributed by atoms with E-state index in [-0.39, 0.29) is 11.3 Å². The molecule has 18 heavy (non-hydrogen) atoms. The third kappa shape index (κ3) is 2.51. The van der Waals surface area contributed by atoms with E-state index < -0.39 is 11.7 Å². The van der Waals surface area contributed by atoms with Crippen LogP contribution in [0.1, 0.15) is 15.9 Å². The average Bonchev–Trinajstić information content (AvgIpc) is 2.88. The fourth-order valence-corrected chi connectivity index (χ4v) is 1.63. The zero-order valence-electron chi connectivity index (χ0n) is 9.87. The number of nitrogens with one attached hydrogen (secondary N) is 2. The number of carbonyl (C=O) groups is 1. The molecule has 0 aliphatic heterocycles. The van der Waals surface area contributed by atoms with Gasteiger partial charge in [0.05, 0.1) is 7.11 Å². The number of halogens is 1. The smallest absolute Gasteiger partial charge is 0.258 e. The Bertz CT molecular complexity index is 538. The maximum Gasteiger partial charge on any atom is 0.258 e. The molecule has 1 amide bonds. The summed E-state index contributed by atoms with van der Waals surface area (Å²) in [7, 11) is 1.40. The number of benzene rings is 1. The van der Waals surface area contributed by atoms with Gasteiger partial charge in [0.2, 0.25) is 0 Å². The van der Waals surface area contributed by atoms with Crippen molar-refractivity contribution in [3.8, 4) is 5.75 Å². The molecular weight excluding hydrogens is 235 g/mol. The summed E-state index contributed by atoms with van der Waals surface area (Å²) in [5.41, 5.74) is 0.842. The molecule has 2 aromatic rings.